The summed E-state index contributed by atoms with van der Waals surface area (Å²) in [5.41, 5.74) is 1.38. The zero-order chi connectivity index (χ0) is 11.0. The molecule has 0 bridgehead atoms. The Hall–Kier alpha value is -0.340. The Morgan fingerprint density at radius 1 is 1.12 bits per heavy atom. The number of likely N-dealkylation sites (tertiary alicyclic amines) is 1. The van der Waals surface area contributed by atoms with Crippen molar-refractivity contribution in [1.29, 1.82) is 0 Å². The van der Waals surface area contributed by atoms with Gasteiger partial charge in [-0.3, -0.25) is 4.90 Å². The van der Waals surface area contributed by atoms with Crippen molar-refractivity contribution in [3.8, 4) is 0 Å². The third-order valence-corrected chi connectivity index (χ3v) is 4.47. The summed E-state index contributed by atoms with van der Waals surface area (Å²) in [4.78, 5) is 2.63. The summed E-state index contributed by atoms with van der Waals surface area (Å²) in [5, 5.41) is 3.55. The summed E-state index contributed by atoms with van der Waals surface area (Å²) in [6, 6.07) is 0.815. The number of nitrogens with one attached hydrogen (secondary N) is 1. The third kappa shape index (κ3) is 2.49. The highest BCUT2D eigenvalue weighted by atomic mass is 15.2. The van der Waals surface area contributed by atoms with Gasteiger partial charge in [0.2, 0.25) is 0 Å². The normalized spacial score (nSPS) is 34.2. The van der Waals surface area contributed by atoms with Gasteiger partial charge in [-0.15, -0.1) is 0 Å². The number of hydrogen-bond donors (Lipinski definition) is 1. The lowest BCUT2D eigenvalue weighted by molar-refractivity contribution is 0.334. The molecule has 2 atom stereocenters. The number of rotatable bonds is 5. The summed E-state index contributed by atoms with van der Waals surface area (Å²) in [6.45, 7) is 9.06. The fourth-order valence-corrected chi connectivity index (χ4v) is 3.41. The highest BCUT2D eigenvalue weighted by Crippen LogP contribution is 2.37. The van der Waals surface area contributed by atoms with Crippen molar-refractivity contribution in [2.75, 3.05) is 26.2 Å². The van der Waals surface area contributed by atoms with Crippen LogP contribution in [0.3, 0.4) is 0 Å². The second kappa shape index (κ2) is 4.50. The van der Waals surface area contributed by atoms with Gasteiger partial charge in [0.1, 0.15) is 0 Å². The van der Waals surface area contributed by atoms with Crippen molar-refractivity contribution in [2.24, 2.45) is 11.8 Å². The molecule has 0 aromatic carbocycles. The molecule has 0 aromatic rings. The Bertz CT molecular complexity index is 258. The van der Waals surface area contributed by atoms with Crippen LogP contribution in [0.1, 0.15) is 32.1 Å². The zero-order valence-corrected chi connectivity index (χ0v) is 10.3. The molecule has 16 heavy (non-hydrogen) atoms. The van der Waals surface area contributed by atoms with Crippen LogP contribution in [-0.4, -0.2) is 37.1 Å². The monoisotopic (exact) mass is 220 g/mol. The summed E-state index contributed by atoms with van der Waals surface area (Å²) >= 11 is 0. The van der Waals surface area contributed by atoms with Crippen molar-refractivity contribution in [3.05, 3.63) is 12.2 Å². The lowest BCUT2D eigenvalue weighted by Gasteiger charge is -2.18. The number of fused-ring (bicyclic) bond motifs is 1. The molecular formula is C14H24N2. The Labute approximate surface area is 99.1 Å². The number of hydrogen-bond acceptors (Lipinski definition) is 2. The van der Waals surface area contributed by atoms with Crippen LogP contribution >= 0.6 is 0 Å². The largest absolute Gasteiger partial charge is 0.310 e. The van der Waals surface area contributed by atoms with Crippen molar-refractivity contribution < 1.29 is 0 Å². The molecule has 3 fully saturated rings. The summed E-state index contributed by atoms with van der Waals surface area (Å²) in [5.74, 6) is 2.04. The fourth-order valence-electron chi connectivity index (χ4n) is 3.41. The van der Waals surface area contributed by atoms with E-state index in [1.807, 2.05) is 0 Å². The van der Waals surface area contributed by atoms with Gasteiger partial charge < -0.3 is 5.32 Å². The van der Waals surface area contributed by atoms with Crippen LogP contribution in [0, 0.1) is 11.8 Å². The van der Waals surface area contributed by atoms with E-state index in [1.54, 1.807) is 0 Å². The highest BCUT2D eigenvalue weighted by molar-refractivity contribution is 5.03. The summed E-state index contributed by atoms with van der Waals surface area (Å²) < 4.78 is 0. The molecule has 1 aliphatic heterocycles. The van der Waals surface area contributed by atoms with Gasteiger partial charge in [-0.05, 0) is 43.1 Å². The highest BCUT2D eigenvalue weighted by Gasteiger charge is 2.35. The van der Waals surface area contributed by atoms with Gasteiger partial charge in [0.15, 0.2) is 0 Å². The molecule has 2 heteroatoms. The Morgan fingerprint density at radius 3 is 2.44 bits per heavy atom. The average Bonchev–Trinajstić information content (AvgIpc) is 2.86. The van der Waals surface area contributed by atoms with Gasteiger partial charge >= 0.3 is 0 Å². The van der Waals surface area contributed by atoms with Gasteiger partial charge in [-0.2, -0.15) is 0 Å². The second-order valence-corrected chi connectivity index (χ2v) is 6.05. The maximum absolute atomic E-state index is 4.21. The topological polar surface area (TPSA) is 15.3 Å². The lowest BCUT2D eigenvalue weighted by Crippen LogP contribution is -2.28. The van der Waals surface area contributed by atoms with Gasteiger partial charge in [0.05, 0.1) is 0 Å². The molecule has 3 rings (SSSR count). The average molecular weight is 220 g/mol. The molecule has 1 saturated heterocycles. The van der Waals surface area contributed by atoms with E-state index in [9.17, 15) is 0 Å². The molecule has 0 amide bonds. The van der Waals surface area contributed by atoms with Crippen LogP contribution in [0.15, 0.2) is 12.2 Å². The Balaban J connectivity index is 1.39. The minimum atomic E-state index is 0.815. The lowest BCUT2D eigenvalue weighted by atomic mass is 10.0. The van der Waals surface area contributed by atoms with Crippen LogP contribution in [-0.2, 0) is 0 Å². The molecule has 1 heterocycles. The summed E-state index contributed by atoms with van der Waals surface area (Å²) in [7, 11) is 0. The molecule has 0 spiro atoms. The molecule has 1 N–H and O–H groups in total. The Morgan fingerprint density at radius 2 is 1.81 bits per heavy atom. The van der Waals surface area contributed by atoms with E-state index in [2.05, 4.69) is 16.8 Å². The van der Waals surface area contributed by atoms with Gasteiger partial charge in [0.25, 0.3) is 0 Å². The van der Waals surface area contributed by atoms with E-state index in [0.29, 0.717) is 0 Å². The molecular weight excluding hydrogens is 196 g/mol. The molecule has 3 aliphatic rings. The molecule has 2 saturated carbocycles. The maximum Gasteiger partial charge on any atom is 0.0203 e. The van der Waals surface area contributed by atoms with Gasteiger partial charge in [-0.25, -0.2) is 0 Å². The number of nitrogens with zero attached hydrogens (tertiary/aromatic N) is 1. The van der Waals surface area contributed by atoms with E-state index in [1.165, 1.54) is 50.8 Å². The molecule has 2 unspecified atom stereocenters. The molecule has 2 aliphatic carbocycles. The van der Waals surface area contributed by atoms with E-state index in [4.69, 9.17) is 0 Å². The SMILES string of the molecule is C=C(CNC1CC1)CN1CC2CCCC2C1. The molecule has 0 aromatic heterocycles. The first kappa shape index (κ1) is 10.8. The van der Waals surface area contributed by atoms with E-state index >= 15 is 0 Å². The molecule has 0 radical (unpaired) electrons. The second-order valence-electron chi connectivity index (χ2n) is 6.05. The van der Waals surface area contributed by atoms with Crippen LogP contribution in [0.5, 0.6) is 0 Å². The van der Waals surface area contributed by atoms with Crippen molar-refractivity contribution >= 4 is 0 Å². The van der Waals surface area contributed by atoms with Crippen molar-refractivity contribution in [2.45, 2.75) is 38.1 Å². The zero-order valence-electron chi connectivity index (χ0n) is 10.3. The smallest absolute Gasteiger partial charge is 0.0203 e. The van der Waals surface area contributed by atoms with E-state index in [-0.39, 0.29) is 0 Å². The standard InChI is InChI=1S/C14H24N2/c1-11(7-15-14-5-6-14)8-16-9-12-3-2-4-13(12)10-16/h12-15H,1-10H2. The summed E-state index contributed by atoms with van der Waals surface area (Å²) in [6.07, 6.45) is 7.19. The molecule has 2 nitrogen and oxygen atoms in total. The van der Waals surface area contributed by atoms with Crippen LogP contribution in [0.25, 0.3) is 0 Å². The first-order chi connectivity index (χ1) is 7.81. The van der Waals surface area contributed by atoms with Gasteiger partial charge in [-0.1, -0.05) is 13.0 Å². The quantitative estimate of drug-likeness (QED) is 0.713. The first-order valence-corrected chi connectivity index (χ1v) is 6.93. The van der Waals surface area contributed by atoms with Crippen molar-refractivity contribution in [1.82, 2.24) is 10.2 Å². The first-order valence-electron chi connectivity index (χ1n) is 6.93. The maximum atomic E-state index is 4.21. The third-order valence-electron chi connectivity index (χ3n) is 4.47. The minimum Gasteiger partial charge on any atom is -0.310 e. The predicted molar refractivity (Wildman–Crippen MR) is 67.4 cm³/mol. The Kier molecular flexibility index (Phi) is 3.03. The van der Waals surface area contributed by atoms with Crippen LogP contribution in [0.4, 0.5) is 0 Å². The van der Waals surface area contributed by atoms with Crippen molar-refractivity contribution in [3.63, 3.8) is 0 Å². The van der Waals surface area contributed by atoms with E-state index in [0.717, 1.165) is 31.0 Å². The molecule has 90 valence electrons. The minimum absolute atomic E-state index is 0.815. The van der Waals surface area contributed by atoms with Gasteiger partial charge in [0, 0.05) is 32.2 Å². The van der Waals surface area contributed by atoms with Crippen LogP contribution < -0.4 is 5.32 Å². The van der Waals surface area contributed by atoms with Crippen LogP contribution in [0.2, 0.25) is 0 Å². The predicted octanol–water partition coefficient (Wildman–Crippen LogP) is 2.03. The fraction of sp³-hybridized carbons (Fsp3) is 0.857. The van der Waals surface area contributed by atoms with E-state index < -0.39 is 0 Å².